The first-order valence-electron chi connectivity index (χ1n) is 9.32. The quantitative estimate of drug-likeness (QED) is 0.778. The van der Waals surface area contributed by atoms with Gasteiger partial charge in [0.15, 0.2) is 0 Å². The van der Waals surface area contributed by atoms with E-state index < -0.39 is 0 Å². The van der Waals surface area contributed by atoms with E-state index in [-0.39, 0.29) is 5.91 Å². The summed E-state index contributed by atoms with van der Waals surface area (Å²) < 4.78 is 12.6. The van der Waals surface area contributed by atoms with Gasteiger partial charge in [-0.25, -0.2) is 0 Å². The van der Waals surface area contributed by atoms with Gasteiger partial charge in [-0.3, -0.25) is 14.4 Å². The average molecular weight is 372 g/mol. The molecule has 1 aliphatic rings. The lowest BCUT2D eigenvalue weighted by molar-refractivity contribution is 0.0615. The summed E-state index contributed by atoms with van der Waals surface area (Å²) in [7, 11) is 3.35. The normalized spacial score (nSPS) is 15.0. The molecule has 0 N–H and O–H groups in total. The van der Waals surface area contributed by atoms with E-state index in [1.807, 2.05) is 43.0 Å². The molecule has 27 heavy (non-hydrogen) atoms. The standard InChI is InChI=1S/C20H28N4O3/c1-5-24-18(12-15(2)21-24)20(25)23-10-8-22(9-11-23)14-16-13-17(26-3)6-7-19(16)27-4/h6-7,12-13H,5,8-11,14H2,1-4H3. The van der Waals surface area contributed by atoms with Crippen molar-refractivity contribution in [1.29, 1.82) is 0 Å². The summed E-state index contributed by atoms with van der Waals surface area (Å²) in [6.07, 6.45) is 0. The third-order valence-electron chi connectivity index (χ3n) is 4.96. The second kappa shape index (κ2) is 8.43. The van der Waals surface area contributed by atoms with Crippen molar-refractivity contribution < 1.29 is 14.3 Å². The zero-order valence-corrected chi connectivity index (χ0v) is 16.6. The Hall–Kier alpha value is -2.54. The fourth-order valence-electron chi connectivity index (χ4n) is 3.48. The summed E-state index contributed by atoms with van der Waals surface area (Å²) in [6.45, 7) is 8.46. The van der Waals surface area contributed by atoms with Gasteiger partial charge in [0.05, 0.1) is 19.9 Å². The van der Waals surface area contributed by atoms with Gasteiger partial charge in [0.25, 0.3) is 5.91 Å². The van der Waals surface area contributed by atoms with Crippen LogP contribution in [0.1, 0.15) is 28.7 Å². The van der Waals surface area contributed by atoms with Gasteiger partial charge in [0, 0.05) is 44.8 Å². The van der Waals surface area contributed by atoms with E-state index in [4.69, 9.17) is 9.47 Å². The molecule has 146 valence electrons. The van der Waals surface area contributed by atoms with Crippen LogP contribution in [0.25, 0.3) is 0 Å². The van der Waals surface area contributed by atoms with Crippen molar-refractivity contribution in [2.75, 3.05) is 40.4 Å². The van der Waals surface area contributed by atoms with Crippen LogP contribution in [0.5, 0.6) is 11.5 Å². The number of amides is 1. The van der Waals surface area contributed by atoms with Crippen LogP contribution in [-0.4, -0.2) is 65.9 Å². The number of ether oxygens (including phenoxy) is 2. The topological polar surface area (TPSA) is 59.8 Å². The van der Waals surface area contributed by atoms with Crippen LogP contribution in [0.4, 0.5) is 0 Å². The number of carbonyl (C=O) groups excluding carboxylic acids is 1. The molecule has 0 atom stereocenters. The largest absolute Gasteiger partial charge is 0.497 e. The smallest absolute Gasteiger partial charge is 0.272 e. The van der Waals surface area contributed by atoms with Gasteiger partial charge in [0.2, 0.25) is 0 Å². The molecule has 2 aromatic rings. The van der Waals surface area contributed by atoms with Crippen molar-refractivity contribution in [1.82, 2.24) is 19.6 Å². The molecule has 1 aromatic carbocycles. The van der Waals surface area contributed by atoms with Crippen molar-refractivity contribution in [3.63, 3.8) is 0 Å². The molecule has 3 rings (SSSR count). The second-order valence-corrected chi connectivity index (χ2v) is 6.73. The Bertz CT molecular complexity index is 795. The minimum Gasteiger partial charge on any atom is -0.497 e. The summed E-state index contributed by atoms with van der Waals surface area (Å²) in [5, 5.41) is 4.38. The Kier molecular flexibility index (Phi) is 6.01. The van der Waals surface area contributed by atoms with Crippen LogP contribution >= 0.6 is 0 Å². The first-order chi connectivity index (χ1) is 13.0. The van der Waals surface area contributed by atoms with Crippen LogP contribution in [0, 0.1) is 6.92 Å². The van der Waals surface area contributed by atoms with Crippen molar-refractivity contribution in [2.24, 2.45) is 0 Å². The Morgan fingerprint density at radius 1 is 1.11 bits per heavy atom. The highest BCUT2D eigenvalue weighted by molar-refractivity contribution is 5.92. The minimum absolute atomic E-state index is 0.0658. The molecule has 0 spiro atoms. The molecule has 0 aliphatic carbocycles. The maximum absolute atomic E-state index is 12.9. The fraction of sp³-hybridized carbons (Fsp3) is 0.500. The van der Waals surface area contributed by atoms with Crippen LogP contribution in [0.15, 0.2) is 24.3 Å². The number of rotatable bonds is 6. The van der Waals surface area contributed by atoms with Gasteiger partial charge in [-0.05, 0) is 38.1 Å². The molecular weight excluding hydrogens is 344 g/mol. The predicted molar refractivity (Wildman–Crippen MR) is 103 cm³/mol. The number of carbonyl (C=O) groups is 1. The number of piperazine rings is 1. The number of benzene rings is 1. The molecule has 0 saturated carbocycles. The Morgan fingerprint density at radius 2 is 1.85 bits per heavy atom. The van der Waals surface area contributed by atoms with Crippen molar-refractivity contribution in [3.8, 4) is 11.5 Å². The third-order valence-corrected chi connectivity index (χ3v) is 4.96. The summed E-state index contributed by atoms with van der Waals surface area (Å²) in [5.41, 5.74) is 2.65. The van der Waals surface area contributed by atoms with Crippen LogP contribution in [0.3, 0.4) is 0 Å². The van der Waals surface area contributed by atoms with E-state index in [0.717, 1.165) is 42.4 Å². The lowest BCUT2D eigenvalue weighted by Crippen LogP contribution is -2.48. The van der Waals surface area contributed by atoms with Crippen LogP contribution < -0.4 is 9.47 Å². The van der Waals surface area contributed by atoms with Gasteiger partial charge < -0.3 is 14.4 Å². The van der Waals surface area contributed by atoms with Crippen molar-refractivity contribution in [3.05, 3.63) is 41.2 Å². The van der Waals surface area contributed by atoms with Gasteiger partial charge in [-0.2, -0.15) is 5.10 Å². The molecule has 0 unspecified atom stereocenters. The molecule has 1 fully saturated rings. The highest BCUT2D eigenvalue weighted by atomic mass is 16.5. The predicted octanol–water partition coefficient (Wildman–Crippen LogP) is 2.19. The Morgan fingerprint density at radius 3 is 2.48 bits per heavy atom. The maximum atomic E-state index is 12.9. The molecular formula is C20H28N4O3. The number of aryl methyl sites for hydroxylation is 2. The van der Waals surface area contributed by atoms with Crippen molar-refractivity contribution in [2.45, 2.75) is 26.9 Å². The van der Waals surface area contributed by atoms with Gasteiger partial charge in [-0.1, -0.05) is 0 Å². The molecule has 1 aromatic heterocycles. The van der Waals surface area contributed by atoms with E-state index in [1.165, 1.54) is 0 Å². The summed E-state index contributed by atoms with van der Waals surface area (Å²) in [4.78, 5) is 17.1. The molecule has 0 bridgehead atoms. The lowest BCUT2D eigenvalue weighted by Gasteiger charge is -2.35. The van der Waals surface area contributed by atoms with E-state index in [2.05, 4.69) is 10.00 Å². The van der Waals surface area contributed by atoms with E-state index >= 15 is 0 Å². The zero-order valence-electron chi connectivity index (χ0n) is 16.6. The number of nitrogens with zero attached hydrogens (tertiary/aromatic N) is 4. The van der Waals surface area contributed by atoms with Crippen LogP contribution in [0.2, 0.25) is 0 Å². The lowest BCUT2D eigenvalue weighted by atomic mass is 10.1. The maximum Gasteiger partial charge on any atom is 0.272 e. The van der Waals surface area contributed by atoms with E-state index in [9.17, 15) is 4.79 Å². The highest BCUT2D eigenvalue weighted by Crippen LogP contribution is 2.25. The molecule has 1 aliphatic heterocycles. The monoisotopic (exact) mass is 372 g/mol. The Labute approximate surface area is 160 Å². The molecule has 7 nitrogen and oxygen atoms in total. The molecule has 7 heteroatoms. The minimum atomic E-state index is 0.0658. The number of methoxy groups -OCH3 is 2. The number of aromatic nitrogens is 2. The molecule has 0 radical (unpaired) electrons. The van der Waals surface area contributed by atoms with E-state index in [0.29, 0.717) is 25.3 Å². The number of hydrogen-bond donors (Lipinski definition) is 0. The average Bonchev–Trinajstić information content (AvgIpc) is 3.08. The highest BCUT2D eigenvalue weighted by Gasteiger charge is 2.25. The zero-order chi connectivity index (χ0) is 19.4. The SMILES string of the molecule is CCn1nc(C)cc1C(=O)N1CCN(Cc2cc(OC)ccc2OC)CC1. The summed E-state index contributed by atoms with van der Waals surface area (Å²) >= 11 is 0. The molecule has 2 heterocycles. The van der Waals surface area contributed by atoms with Gasteiger partial charge in [-0.15, -0.1) is 0 Å². The third kappa shape index (κ3) is 4.24. The summed E-state index contributed by atoms with van der Waals surface area (Å²) in [6, 6.07) is 7.72. The molecule has 1 saturated heterocycles. The molecule has 1 amide bonds. The summed E-state index contributed by atoms with van der Waals surface area (Å²) in [5.74, 6) is 1.75. The number of hydrogen-bond acceptors (Lipinski definition) is 5. The Balaban J connectivity index is 1.63. The van der Waals surface area contributed by atoms with Gasteiger partial charge >= 0.3 is 0 Å². The van der Waals surface area contributed by atoms with Crippen LogP contribution in [-0.2, 0) is 13.1 Å². The first kappa shape index (κ1) is 19.2. The van der Waals surface area contributed by atoms with Gasteiger partial charge in [0.1, 0.15) is 17.2 Å². The van der Waals surface area contributed by atoms with Crippen molar-refractivity contribution >= 4 is 5.91 Å². The van der Waals surface area contributed by atoms with E-state index in [1.54, 1.807) is 18.9 Å². The first-order valence-corrected chi connectivity index (χ1v) is 9.32. The fourth-order valence-corrected chi connectivity index (χ4v) is 3.48. The second-order valence-electron chi connectivity index (χ2n) is 6.73.